The summed E-state index contributed by atoms with van der Waals surface area (Å²) in [5.74, 6) is 0.829. The number of benzene rings is 1. The third kappa shape index (κ3) is 2.70. The molecule has 100 valence electrons. The second-order valence-corrected chi connectivity index (χ2v) is 6.28. The summed E-state index contributed by atoms with van der Waals surface area (Å²) in [6, 6.07) is 4.97. The van der Waals surface area contributed by atoms with Crippen LogP contribution in [0, 0.1) is 17.7 Å². The summed E-state index contributed by atoms with van der Waals surface area (Å²) in [5.41, 5.74) is 7.12. The minimum atomic E-state index is -0.352. The van der Waals surface area contributed by atoms with E-state index in [0.29, 0.717) is 12.3 Å². The first-order valence-electron chi connectivity index (χ1n) is 6.64. The first-order chi connectivity index (χ1) is 8.42. The van der Waals surface area contributed by atoms with E-state index in [2.05, 4.69) is 13.8 Å². The zero-order chi connectivity index (χ0) is 13.3. The second-order valence-electron chi connectivity index (χ2n) is 5.90. The lowest BCUT2D eigenvalue weighted by Crippen LogP contribution is -2.51. The van der Waals surface area contributed by atoms with E-state index in [4.69, 9.17) is 17.3 Å². The number of nitrogens with two attached hydrogens (primary N) is 1. The van der Waals surface area contributed by atoms with Gasteiger partial charge in [0.15, 0.2) is 0 Å². The molecule has 18 heavy (non-hydrogen) atoms. The van der Waals surface area contributed by atoms with Crippen LogP contribution in [0.15, 0.2) is 18.2 Å². The quantitative estimate of drug-likeness (QED) is 0.857. The highest BCUT2D eigenvalue weighted by atomic mass is 35.5. The normalized spacial score (nSPS) is 32.5. The van der Waals surface area contributed by atoms with Gasteiger partial charge in [0.1, 0.15) is 5.82 Å². The van der Waals surface area contributed by atoms with Gasteiger partial charge in [-0.05, 0) is 49.1 Å². The number of hydrogen-bond donors (Lipinski definition) is 1. The van der Waals surface area contributed by atoms with Crippen LogP contribution in [0.2, 0.25) is 5.02 Å². The van der Waals surface area contributed by atoms with Gasteiger partial charge in [-0.3, -0.25) is 0 Å². The summed E-state index contributed by atoms with van der Waals surface area (Å²) in [6.45, 7) is 4.47. The third-order valence-corrected chi connectivity index (χ3v) is 4.81. The van der Waals surface area contributed by atoms with Gasteiger partial charge in [0.25, 0.3) is 0 Å². The molecule has 0 heterocycles. The summed E-state index contributed by atoms with van der Waals surface area (Å²) in [7, 11) is 0. The summed E-state index contributed by atoms with van der Waals surface area (Å²) in [5, 5.41) is 0.230. The van der Waals surface area contributed by atoms with Crippen molar-refractivity contribution < 1.29 is 4.39 Å². The molecular weight excluding hydrogens is 249 g/mol. The van der Waals surface area contributed by atoms with Crippen LogP contribution in [-0.4, -0.2) is 5.54 Å². The Bertz CT molecular complexity index is 435. The van der Waals surface area contributed by atoms with Crippen LogP contribution in [0.1, 0.15) is 38.7 Å². The lowest BCUT2D eigenvalue weighted by atomic mass is 9.68. The molecule has 1 aromatic rings. The van der Waals surface area contributed by atoms with Crippen LogP contribution < -0.4 is 5.73 Å². The molecule has 1 saturated carbocycles. The van der Waals surface area contributed by atoms with E-state index >= 15 is 0 Å². The maximum atomic E-state index is 13.4. The Morgan fingerprint density at radius 3 is 2.83 bits per heavy atom. The zero-order valence-corrected chi connectivity index (χ0v) is 11.8. The highest BCUT2D eigenvalue weighted by molar-refractivity contribution is 6.31. The van der Waals surface area contributed by atoms with Gasteiger partial charge in [-0.25, -0.2) is 4.39 Å². The molecule has 0 spiro atoms. The van der Waals surface area contributed by atoms with Crippen molar-refractivity contribution >= 4 is 11.6 Å². The Labute approximate surface area is 114 Å². The van der Waals surface area contributed by atoms with Gasteiger partial charge in [0.05, 0.1) is 5.02 Å². The molecule has 2 rings (SSSR count). The first-order valence-corrected chi connectivity index (χ1v) is 7.02. The van der Waals surface area contributed by atoms with Crippen LogP contribution in [-0.2, 0) is 6.42 Å². The molecule has 0 amide bonds. The van der Waals surface area contributed by atoms with Crippen molar-refractivity contribution in [1.82, 2.24) is 0 Å². The van der Waals surface area contributed by atoms with Crippen LogP contribution in [0.4, 0.5) is 4.39 Å². The molecule has 0 bridgehead atoms. The van der Waals surface area contributed by atoms with Crippen molar-refractivity contribution in [3.8, 4) is 0 Å². The van der Waals surface area contributed by atoms with Crippen molar-refractivity contribution in [3.05, 3.63) is 34.6 Å². The van der Waals surface area contributed by atoms with E-state index in [1.54, 1.807) is 6.07 Å². The van der Waals surface area contributed by atoms with Gasteiger partial charge >= 0.3 is 0 Å². The standard InChI is InChI=1S/C15H21ClFN/c1-10-6-7-15(18,11(2)8-10)9-12-4-3-5-13(17)14(12)16/h3-5,10-11H,6-9,18H2,1-2H3. The fourth-order valence-electron chi connectivity index (χ4n) is 3.02. The van der Waals surface area contributed by atoms with Crippen molar-refractivity contribution in [2.24, 2.45) is 17.6 Å². The Morgan fingerprint density at radius 1 is 1.44 bits per heavy atom. The van der Waals surface area contributed by atoms with E-state index < -0.39 is 0 Å². The molecule has 0 saturated heterocycles. The first kappa shape index (κ1) is 13.8. The molecule has 0 radical (unpaired) electrons. The summed E-state index contributed by atoms with van der Waals surface area (Å²) >= 11 is 6.02. The van der Waals surface area contributed by atoms with Gasteiger partial charge in [-0.15, -0.1) is 0 Å². The number of hydrogen-bond acceptors (Lipinski definition) is 1. The minimum absolute atomic E-state index is 0.230. The van der Waals surface area contributed by atoms with Gasteiger partial charge in [0, 0.05) is 5.54 Å². The van der Waals surface area contributed by atoms with Gasteiger partial charge < -0.3 is 5.73 Å². The zero-order valence-electron chi connectivity index (χ0n) is 11.0. The highest BCUT2D eigenvalue weighted by Crippen LogP contribution is 2.38. The van der Waals surface area contributed by atoms with Crippen molar-refractivity contribution in [3.63, 3.8) is 0 Å². The van der Waals surface area contributed by atoms with Crippen LogP contribution in [0.3, 0.4) is 0 Å². The maximum Gasteiger partial charge on any atom is 0.142 e. The summed E-state index contributed by atoms with van der Waals surface area (Å²) in [4.78, 5) is 0. The summed E-state index contributed by atoms with van der Waals surface area (Å²) in [6.07, 6.45) is 3.94. The largest absolute Gasteiger partial charge is 0.325 e. The molecule has 1 aromatic carbocycles. The molecule has 1 aliphatic carbocycles. The fourth-order valence-corrected chi connectivity index (χ4v) is 3.21. The van der Waals surface area contributed by atoms with Gasteiger partial charge in [-0.1, -0.05) is 37.6 Å². The molecule has 1 nitrogen and oxygen atoms in total. The third-order valence-electron chi connectivity index (χ3n) is 4.39. The molecule has 1 fully saturated rings. The second kappa shape index (κ2) is 5.18. The van der Waals surface area contributed by atoms with E-state index in [0.717, 1.165) is 30.7 Å². The maximum absolute atomic E-state index is 13.4. The van der Waals surface area contributed by atoms with Gasteiger partial charge in [0.2, 0.25) is 0 Å². The van der Waals surface area contributed by atoms with Crippen LogP contribution in [0.25, 0.3) is 0 Å². The molecule has 3 unspecified atom stereocenters. The van der Waals surface area contributed by atoms with Crippen molar-refractivity contribution in [2.75, 3.05) is 0 Å². The van der Waals surface area contributed by atoms with Crippen LogP contribution >= 0.6 is 11.6 Å². The SMILES string of the molecule is CC1CCC(N)(Cc2cccc(F)c2Cl)C(C)C1. The smallest absolute Gasteiger partial charge is 0.142 e. The van der Waals surface area contributed by atoms with E-state index in [9.17, 15) is 4.39 Å². The molecule has 2 N–H and O–H groups in total. The lowest BCUT2D eigenvalue weighted by molar-refractivity contribution is 0.163. The predicted molar refractivity (Wildman–Crippen MR) is 74.2 cm³/mol. The number of halogens is 2. The number of rotatable bonds is 2. The van der Waals surface area contributed by atoms with E-state index in [1.807, 2.05) is 6.07 Å². The average molecular weight is 270 g/mol. The Hall–Kier alpha value is -0.600. The minimum Gasteiger partial charge on any atom is -0.325 e. The lowest BCUT2D eigenvalue weighted by Gasteiger charge is -2.42. The molecule has 1 aliphatic rings. The Morgan fingerprint density at radius 2 is 2.17 bits per heavy atom. The average Bonchev–Trinajstić information content (AvgIpc) is 2.31. The molecule has 3 heteroatoms. The van der Waals surface area contributed by atoms with Crippen molar-refractivity contribution in [1.29, 1.82) is 0 Å². The topological polar surface area (TPSA) is 26.0 Å². The molecule has 0 aliphatic heterocycles. The van der Waals surface area contributed by atoms with E-state index in [-0.39, 0.29) is 16.4 Å². The van der Waals surface area contributed by atoms with Crippen LogP contribution in [0.5, 0.6) is 0 Å². The highest BCUT2D eigenvalue weighted by Gasteiger charge is 2.37. The fraction of sp³-hybridized carbons (Fsp3) is 0.600. The Balaban J connectivity index is 2.20. The summed E-state index contributed by atoms with van der Waals surface area (Å²) < 4.78 is 13.4. The van der Waals surface area contributed by atoms with Crippen molar-refractivity contribution in [2.45, 2.75) is 45.1 Å². The van der Waals surface area contributed by atoms with E-state index in [1.165, 1.54) is 6.07 Å². The predicted octanol–water partition coefficient (Wildman–Crippen LogP) is 4.18. The monoisotopic (exact) mass is 269 g/mol. The van der Waals surface area contributed by atoms with Gasteiger partial charge in [-0.2, -0.15) is 0 Å². The molecular formula is C15H21ClFN. The molecule has 0 aromatic heterocycles. The molecule has 3 atom stereocenters. The Kier molecular flexibility index (Phi) is 3.98.